The van der Waals surface area contributed by atoms with Crippen molar-refractivity contribution in [1.82, 2.24) is 0 Å². The molecule has 0 amide bonds. The Labute approximate surface area is 328 Å². The predicted molar refractivity (Wildman–Crippen MR) is 243 cm³/mol. The van der Waals surface area contributed by atoms with Crippen molar-refractivity contribution in [2.24, 2.45) is 0 Å². The van der Waals surface area contributed by atoms with Gasteiger partial charge in [-0.2, -0.15) is 0 Å². The highest BCUT2D eigenvalue weighted by Gasteiger charge is 2.41. The van der Waals surface area contributed by atoms with Crippen LogP contribution in [0.2, 0.25) is 36.3 Å². The van der Waals surface area contributed by atoms with E-state index >= 15 is 0 Å². The number of fused-ring (bicyclic) bond motifs is 2. The third-order valence-corrected chi connectivity index (χ3v) is 24.4. The maximum Gasteiger partial charge on any atom is 0.124 e. The fourth-order valence-electron chi connectivity index (χ4n) is 8.17. The number of benzene rings is 6. The van der Waals surface area contributed by atoms with Crippen molar-refractivity contribution in [1.29, 1.82) is 0 Å². The molecule has 0 unspecified atom stereocenters. The minimum Gasteiger partial charge on any atom is -0.507 e. The van der Waals surface area contributed by atoms with Crippen LogP contribution in [0.3, 0.4) is 0 Å². The molecule has 4 heteroatoms. The molecular weight excluding hydrogens is 687 g/mol. The standard InChI is InChI=1S/C50H63NOSi2/c1-34-20-19-21-35(2)46(34)43-30-38-23-16-18-25-42(38)47(48-41-24-17-15-22-37(41)26-27-45(48)52)44(43)33-51(9,10)32-36-28-39(53(11,12)49(3,4)5)31-40(29-36)54(13,14)50(6,7)8/h15-31H,32-33H2,1-14H3/p+1. The highest BCUT2D eigenvalue weighted by molar-refractivity contribution is 6.94. The first-order valence-electron chi connectivity index (χ1n) is 19.8. The summed E-state index contributed by atoms with van der Waals surface area (Å²) in [7, 11) is 1.16. The Morgan fingerprint density at radius 3 is 1.57 bits per heavy atom. The molecule has 0 saturated carbocycles. The molecule has 0 aliphatic carbocycles. The van der Waals surface area contributed by atoms with Gasteiger partial charge >= 0.3 is 0 Å². The van der Waals surface area contributed by atoms with Crippen LogP contribution in [-0.4, -0.2) is 39.8 Å². The molecule has 0 aliphatic rings. The van der Waals surface area contributed by atoms with Crippen molar-refractivity contribution in [3.63, 3.8) is 0 Å². The van der Waals surface area contributed by atoms with Crippen molar-refractivity contribution in [3.8, 4) is 28.0 Å². The summed E-state index contributed by atoms with van der Waals surface area (Å²) in [6, 6.07) is 38.1. The van der Waals surface area contributed by atoms with Gasteiger partial charge in [0.15, 0.2) is 0 Å². The van der Waals surface area contributed by atoms with Crippen molar-refractivity contribution < 1.29 is 9.59 Å². The molecule has 0 aromatic heterocycles. The zero-order valence-corrected chi connectivity index (χ0v) is 37.6. The quantitative estimate of drug-likeness (QED) is 0.121. The minimum atomic E-state index is -1.83. The molecule has 6 aromatic rings. The molecule has 54 heavy (non-hydrogen) atoms. The normalized spacial score (nSPS) is 13.2. The highest BCUT2D eigenvalue weighted by Crippen LogP contribution is 2.47. The summed E-state index contributed by atoms with van der Waals surface area (Å²) in [6.07, 6.45) is 0. The third kappa shape index (κ3) is 7.25. The van der Waals surface area contributed by atoms with Gasteiger partial charge in [0, 0.05) is 22.3 Å². The molecule has 0 saturated heterocycles. The lowest BCUT2D eigenvalue weighted by atomic mass is 9.82. The van der Waals surface area contributed by atoms with Crippen LogP contribution in [0.15, 0.2) is 103 Å². The van der Waals surface area contributed by atoms with Crippen LogP contribution in [0.5, 0.6) is 5.75 Å². The number of aromatic hydroxyl groups is 1. The zero-order chi connectivity index (χ0) is 39.6. The molecular formula is C50H64NOSi2+. The third-order valence-electron chi connectivity index (χ3n) is 13.4. The van der Waals surface area contributed by atoms with E-state index in [-0.39, 0.29) is 10.1 Å². The molecule has 0 aliphatic heterocycles. The molecule has 0 radical (unpaired) electrons. The maximum absolute atomic E-state index is 11.9. The zero-order valence-electron chi connectivity index (χ0n) is 35.6. The summed E-state index contributed by atoms with van der Waals surface area (Å²) >= 11 is 0. The molecule has 2 nitrogen and oxygen atoms in total. The van der Waals surface area contributed by atoms with Gasteiger partial charge in [0.1, 0.15) is 18.8 Å². The number of aryl methyl sites for hydroxylation is 2. The van der Waals surface area contributed by atoms with E-state index in [1.165, 1.54) is 44.2 Å². The molecule has 6 rings (SSSR count). The average Bonchev–Trinajstić information content (AvgIpc) is 3.07. The first-order chi connectivity index (χ1) is 25.0. The lowest BCUT2D eigenvalue weighted by Gasteiger charge is -2.41. The second-order valence-electron chi connectivity index (χ2n) is 19.9. The Bertz CT molecular complexity index is 2300. The Hall–Kier alpha value is -3.97. The first-order valence-corrected chi connectivity index (χ1v) is 25.8. The average molecular weight is 751 g/mol. The topological polar surface area (TPSA) is 20.2 Å². The second-order valence-corrected chi connectivity index (χ2v) is 30.5. The Balaban J connectivity index is 1.63. The summed E-state index contributed by atoms with van der Waals surface area (Å²) in [5.74, 6) is 0.324. The van der Waals surface area contributed by atoms with E-state index in [0.717, 1.165) is 39.5 Å². The van der Waals surface area contributed by atoms with Crippen LogP contribution >= 0.6 is 0 Å². The number of rotatable bonds is 8. The van der Waals surface area contributed by atoms with E-state index < -0.39 is 16.1 Å². The van der Waals surface area contributed by atoms with Crippen molar-refractivity contribution in [2.75, 3.05) is 14.1 Å². The van der Waals surface area contributed by atoms with E-state index in [4.69, 9.17) is 0 Å². The lowest BCUT2D eigenvalue weighted by Crippen LogP contribution is -2.55. The number of nitrogens with zero attached hydrogens (tertiary/aromatic N) is 1. The lowest BCUT2D eigenvalue weighted by molar-refractivity contribution is -0.916. The molecule has 0 heterocycles. The fraction of sp³-hybridized carbons (Fsp3) is 0.360. The van der Waals surface area contributed by atoms with E-state index in [1.807, 2.05) is 12.1 Å². The number of quaternary nitrogens is 1. The van der Waals surface area contributed by atoms with Crippen LogP contribution in [0, 0.1) is 13.8 Å². The maximum atomic E-state index is 11.9. The second kappa shape index (κ2) is 14.0. The summed E-state index contributed by atoms with van der Waals surface area (Å²) < 4.78 is 0.771. The summed E-state index contributed by atoms with van der Waals surface area (Å²) in [4.78, 5) is 0. The van der Waals surface area contributed by atoms with E-state index in [0.29, 0.717) is 5.75 Å². The summed E-state index contributed by atoms with van der Waals surface area (Å²) in [6.45, 7) is 31.1. The van der Waals surface area contributed by atoms with Crippen LogP contribution in [0.25, 0.3) is 43.8 Å². The van der Waals surface area contributed by atoms with Gasteiger partial charge in [-0.15, -0.1) is 0 Å². The van der Waals surface area contributed by atoms with Gasteiger partial charge in [-0.25, -0.2) is 0 Å². The van der Waals surface area contributed by atoms with Gasteiger partial charge in [0.05, 0.1) is 30.2 Å². The van der Waals surface area contributed by atoms with Crippen molar-refractivity contribution >= 4 is 48.1 Å². The monoisotopic (exact) mass is 750 g/mol. The molecule has 0 atom stereocenters. The van der Waals surface area contributed by atoms with Gasteiger partial charge in [-0.05, 0) is 79.9 Å². The molecule has 0 bridgehead atoms. The van der Waals surface area contributed by atoms with Crippen LogP contribution < -0.4 is 10.4 Å². The first kappa shape index (κ1) is 39.7. The predicted octanol–water partition coefficient (Wildman–Crippen LogP) is 12.9. The van der Waals surface area contributed by atoms with Gasteiger partial charge in [0.25, 0.3) is 0 Å². The number of phenols is 1. The van der Waals surface area contributed by atoms with E-state index in [1.54, 1.807) is 10.4 Å². The van der Waals surface area contributed by atoms with Gasteiger partial charge < -0.3 is 9.59 Å². The van der Waals surface area contributed by atoms with Crippen LogP contribution in [0.1, 0.15) is 63.8 Å². The molecule has 0 spiro atoms. The van der Waals surface area contributed by atoms with Crippen molar-refractivity contribution in [3.05, 3.63) is 125 Å². The number of hydrogen-bond donors (Lipinski definition) is 1. The molecule has 0 fully saturated rings. The molecule has 6 aromatic carbocycles. The van der Waals surface area contributed by atoms with E-state index in [2.05, 4.69) is 187 Å². The smallest absolute Gasteiger partial charge is 0.124 e. The van der Waals surface area contributed by atoms with Crippen molar-refractivity contribution in [2.45, 2.75) is 105 Å². The number of hydrogen-bond acceptors (Lipinski definition) is 1. The summed E-state index contributed by atoms with van der Waals surface area (Å²) in [5, 5.41) is 20.1. The van der Waals surface area contributed by atoms with E-state index in [9.17, 15) is 5.11 Å². The van der Waals surface area contributed by atoms with Gasteiger partial charge in [0.2, 0.25) is 0 Å². The highest BCUT2D eigenvalue weighted by atomic mass is 28.3. The van der Waals surface area contributed by atoms with Gasteiger partial charge in [-0.3, -0.25) is 0 Å². The Kier molecular flexibility index (Phi) is 10.3. The number of phenolic OH excluding ortho intramolecular Hbond substituents is 1. The van der Waals surface area contributed by atoms with Crippen LogP contribution in [-0.2, 0) is 13.1 Å². The Morgan fingerprint density at radius 1 is 0.537 bits per heavy atom. The Morgan fingerprint density at radius 2 is 1.04 bits per heavy atom. The minimum absolute atomic E-state index is 0.238. The largest absolute Gasteiger partial charge is 0.507 e. The SMILES string of the molecule is Cc1cccc(C)c1-c1cc2ccccc2c(-c2c(O)ccc3ccccc23)c1C[N+](C)(C)Cc1cc([Si](C)(C)C(C)(C)C)cc([Si](C)(C)C(C)(C)C)c1. The fourth-order valence-corrected chi connectivity index (χ4v) is 12.2. The van der Waals surface area contributed by atoms with Gasteiger partial charge in [-0.1, -0.05) is 169 Å². The van der Waals surface area contributed by atoms with Crippen LogP contribution in [0.4, 0.5) is 0 Å². The molecule has 282 valence electrons. The summed E-state index contributed by atoms with van der Waals surface area (Å²) in [5.41, 5.74) is 9.88. The molecule has 1 N–H and O–H groups in total.